The summed E-state index contributed by atoms with van der Waals surface area (Å²) in [7, 11) is 0. The van der Waals surface area contributed by atoms with E-state index in [9.17, 15) is 9.18 Å². The molecule has 1 amide bonds. The molecule has 6 nitrogen and oxygen atoms in total. The van der Waals surface area contributed by atoms with Gasteiger partial charge < -0.3 is 19.5 Å². The van der Waals surface area contributed by atoms with Gasteiger partial charge >= 0.3 is 0 Å². The number of rotatable bonds is 7. The van der Waals surface area contributed by atoms with Gasteiger partial charge in [0.05, 0.1) is 26.3 Å². The van der Waals surface area contributed by atoms with Crippen LogP contribution in [-0.4, -0.2) is 63.1 Å². The summed E-state index contributed by atoms with van der Waals surface area (Å²) in [6.07, 6.45) is 1.93. The molecule has 1 N–H and O–H groups in total. The van der Waals surface area contributed by atoms with E-state index in [-0.39, 0.29) is 18.0 Å². The molecule has 7 heteroatoms. The third-order valence-corrected chi connectivity index (χ3v) is 4.54. The highest BCUT2D eigenvalue weighted by Crippen LogP contribution is 2.25. The predicted molar refractivity (Wildman–Crippen MR) is 89.8 cm³/mol. The quantitative estimate of drug-likeness (QED) is 0.752. The maximum absolute atomic E-state index is 12.8. The SMILES string of the molecule is O=C(CN1CCC(C2OCCO2)CC1)NCCOc1ccc(F)cc1. The molecular formula is C18H25FN2O4. The summed E-state index contributed by atoms with van der Waals surface area (Å²) in [6.45, 7) is 4.32. The topological polar surface area (TPSA) is 60.0 Å². The Morgan fingerprint density at radius 1 is 1.20 bits per heavy atom. The molecule has 138 valence electrons. The van der Waals surface area contributed by atoms with Gasteiger partial charge in [0.1, 0.15) is 18.2 Å². The van der Waals surface area contributed by atoms with Crippen molar-refractivity contribution in [2.75, 3.05) is 46.0 Å². The lowest BCUT2D eigenvalue weighted by atomic mass is 9.96. The third-order valence-electron chi connectivity index (χ3n) is 4.54. The molecule has 0 bridgehead atoms. The van der Waals surface area contributed by atoms with Crippen LogP contribution in [0.2, 0.25) is 0 Å². The van der Waals surface area contributed by atoms with Gasteiger partial charge in [-0.05, 0) is 50.2 Å². The van der Waals surface area contributed by atoms with Crippen molar-refractivity contribution >= 4 is 5.91 Å². The van der Waals surface area contributed by atoms with Crippen LogP contribution in [0.15, 0.2) is 24.3 Å². The minimum absolute atomic E-state index is 0.00507. The van der Waals surface area contributed by atoms with Gasteiger partial charge in [-0.2, -0.15) is 0 Å². The average molecular weight is 352 g/mol. The number of hydrogen-bond donors (Lipinski definition) is 1. The average Bonchev–Trinajstić information content (AvgIpc) is 3.15. The van der Waals surface area contributed by atoms with E-state index >= 15 is 0 Å². The number of ether oxygens (including phenoxy) is 3. The van der Waals surface area contributed by atoms with E-state index in [0.29, 0.717) is 44.6 Å². The molecule has 0 radical (unpaired) electrons. The zero-order chi connectivity index (χ0) is 17.5. The van der Waals surface area contributed by atoms with Crippen LogP contribution in [0.1, 0.15) is 12.8 Å². The molecule has 0 aliphatic carbocycles. The van der Waals surface area contributed by atoms with Crippen LogP contribution < -0.4 is 10.1 Å². The van der Waals surface area contributed by atoms with E-state index in [2.05, 4.69) is 10.2 Å². The van der Waals surface area contributed by atoms with Crippen molar-refractivity contribution in [2.45, 2.75) is 19.1 Å². The lowest BCUT2D eigenvalue weighted by Crippen LogP contribution is -2.44. The Bertz CT molecular complexity index is 541. The largest absolute Gasteiger partial charge is 0.492 e. The Morgan fingerprint density at radius 2 is 1.88 bits per heavy atom. The second kappa shape index (κ2) is 9.12. The molecule has 0 aromatic heterocycles. The van der Waals surface area contributed by atoms with Gasteiger partial charge in [0, 0.05) is 5.92 Å². The van der Waals surface area contributed by atoms with Crippen molar-refractivity contribution in [3.05, 3.63) is 30.1 Å². The van der Waals surface area contributed by atoms with Crippen molar-refractivity contribution in [2.24, 2.45) is 5.92 Å². The summed E-state index contributed by atoms with van der Waals surface area (Å²) in [4.78, 5) is 14.2. The third kappa shape index (κ3) is 5.66. The van der Waals surface area contributed by atoms with Gasteiger partial charge in [-0.25, -0.2) is 4.39 Å². The van der Waals surface area contributed by atoms with Crippen LogP contribution in [0.4, 0.5) is 4.39 Å². The maximum Gasteiger partial charge on any atom is 0.234 e. The first-order valence-corrected chi connectivity index (χ1v) is 8.81. The second-order valence-electron chi connectivity index (χ2n) is 6.38. The molecule has 2 aliphatic heterocycles. The van der Waals surface area contributed by atoms with Gasteiger partial charge in [-0.1, -0.05) is 0 Å². The van der Waals surface area contributed by atoms with Gasteiger partial charge in [0.15, 0.2) is 6.29 Å². The number of amides is 1. The van der Waals surface area contributed by atoms with Crippen molar-refractivity contribution in [1.82, 2.24) is 10.2 Å². The Hall–Kier alpha value is -1.70. The summed E-state index contributed by atoms with van der Waals surface area (Å²) in [5.74, 6) is 0.727. The van der Waals surface area contributed by atoms with Crippen molar-refractivity contribution in [1.29, 1.82) is 0 Å². The highest BCUT2D eigenvalue weighted by atomic mass is 19.1. The molecule has 2 heterocycles. The lowest BCUT2D eigenvalue weighted by molar-refractivity contribution is -0.124. The van der Waals surface area contributed by atoms with Crippen LogP contribution in [-0.2, 0) is 14.3 Å². The first-order valence-electron chi connectivity index (χ1n) is 8.81. The fourth-order valence-electron chi connectivity index (χ4n) is 3.18. The highest BCUT2D eigenvalue weighted by molar-refractivity contribution is 5.78. The Kier molecular flexibility index (Phi) is 6.61. The number of benzene rings is 1. The summed E-state index contributed by atoms with van der Waals surface area (Å²) < 4.78 is 29.4. The summed E-state index contributed by atoms with van der Waals surface area (Å²) in [5, 5.41) is 2.85. The number of likely N-dealkylation sites (tertiary alicyclic amines) is 1. The van der Waals surface area contributed by atoms with Gasteiger partial charge in [-0.3, -0.25) is 9.69 Å². The van der Waals surface area contributed by atoms with E-state index in [1.165, 1.54) is 12.1 Å². The second-order valence-corrected chi connectivity index (χ2v) is 6.38. The lowest BCUT2D eigenvalue weighted by Gasteiger charge is -2.33. The van der Waals surface area contributed by atoms with Crippen molar-refractivity contribution in [3.63, 3.8) is 0 Å². The van der Waals surface area contributed by atoms with E-state index < -0.39 is 0 Å². The Balaban J connectivity index is 1.27. The predicted octanol–water partition coefficient (Wildman–Crippen LogP) is 1.41. The number of carbonyl (C=O) groups is 1. The van der Waals surface area contributed by atoms with Crippen molar-refractivity contribution in [3.8, 4) is 5.75 Å². The number of halogens is 1. The van der Waals surface area contributed by atoms with Crippen LogP contribution in [0.25, 0.3) is 0 Å². The zero-order valence-corrected chi connectivity index (χ0v) is 14.3. The molecule has 1 aromatic rings. The highest BCUT2D eigenvalue weighted by Gasteiger charge is 2.30. The molecule has 0 spiro atoms. The summed E-state index contributed by atoms with van der Waals surface area (Å²) >= 11 is 0. The molecule has 25 heavy (non-hydrogen) atoms. The molecule has 2 saturated heterocycles. The van der Waals surface area contributed by atoms with Crippen LogP contribution >= 0.6 is 0 Å². The number of hydrogen-bond acceptors (Lipinski definition) is 5. The molecule has 0 atom stereocenters. The number of piperidine rings is 1. The number of nitrogens with one attached hydrogen (secondary N) is 1. The Labute approximate surface area is 147 Å². The summed E-state index contributed by atoms with van der Waals surface area (Å²) in [5.41, 5.74) is 0. The smallest absolute Gasteiger partial charge is 0.234 e. The number of nitrogens with zero attached hydrogens (tertiary/aromatic N) is 1. The first kappa shape index (κ1) is 18.1. The minimum atomic E-state index is -0.296. The molecule has 0 saturated carbocycles. The zero-order valence-electron chi connectivity index (χ0n) is 14.3. The molecule has 2 fully saturated rings. The fraction of sp³-hybridized carbons (Fsp3) is 0.611. The van der Waals surface area contributed by atoms with Gasteiger partial charge in [0.25, 0.3) is 0 Å². The standard InChI is InChI=1S/C18H25FN2O4/c19-15-1-3-16(4-2-15)23-10-7-20-17(22)13-21-8-5-14(6-9-21)18-24-11-12-25-18/h1-4,14,18H,5-13H2,(H,20,22). The maximum atomic E-state index is 12.8. The van der Waals surface area contributed by atoms with Gasteiger partial charge in [0.2, 0.25) is 5.91 Å². The van der Waals surface area contributed by atoms with E-state index in [1.807, 2.05) is 0 Å². The molecule has 1 aromatic carbocycles. The monoisotopic (exact) mass is 352 g/mol. The molecule has 3 rings (SSSR count). The summed E-state index contributed by atoms with van der Waals surface area (Å²) in [6, 6.07) is 5.83. The fourth-order valence-corrected chi connectivity index (χ4v) is 3.18. The molecule has 0 unspecified atom stereocenters. The van der Waals surface area contributed by atoms with E-state index in [4.69, 9.17) is 14.2 Å². The first-order chi connectivity index (χ1) is 12.2. The number of carbonyl (C=O) groups excluding carboxylic acids is 1. The van der Waals surface area contributed by atoms with Crippen LogP contribution in [0.3, 0.4) is 0 Å². The normalized spacial score (nSPS) is 19.9. The van der Waals surface area contributed by atoms with Crippen LogP contribution in [0.5, 0.6) is 5.75 Å². The van der Waals surface area contributed by atoms with Crippen LogP contribution in [0, 0.1) is 11.7 Å². The molecular weight excluding hydrogens is 327 g/mol. The Morgan fingerprint density at radius 3 is 2.56 bits per heavy atom. The van der Waals surface area contributed by atoms with E-state index in [1.54, 1.807) is 12.1 Å². The van der Waals surface area contributed by atoms with Gasteiger partial charge in [-0.15, -0.1) is 0 Å². The molecule has 2 aliphatic rings. The van der Waals surface area contributed by atoms with E-state index in [0.717, 1.165) is 25.9 Å². The van der Waals surface area contributed by atoms with Crippen molar-refractivity contribution < 1.29 is 23.4 Å². The minimum Gasteiger partial charge on any atom is -0.492 e.